The maximum absolute atomic E-state index is 12.5. The standard InChI is InChI=1S/C19H18O2/c20-18-9-5-4-8-17(18)19(21)16-12-10-15(11-13-16)14-6-2-1-3-7-14/h1-10,16,20H,11-13H2. The van der Waals surface area contributed by atoms with Gasteiger partial charge >= 0.3 is 0 Å². The minimum absolute atomic E-state index is 0.0224. The predicted octanol–water partition coefficient (Wildman–Crippen LogP) is 4.46. The fourth-order valence-electron chi connectivity index (χ4n) is 2.89. The molecule has 2 aromatic rings. The van der Waals surface area contributed by atoms with Crippen LogP contribution in [0.2, 0.25) is 0 Å². The molecule has 2 heteroatoms. The quantitative estimate of drug-likeness (QED) is 0.842. The molecule has 2 aromatic carbocycles. The van der Waals surface area contributed by atoms with Crippen molar-refractivity contribution >= 4 is 11.4 Å². The van der Waals surface area contributed by atoms with E-state index in [-0.39, 0.29) is 17.5 Å². The molecule has 3 rings (SSSR count). The van der Waals surface area contributed by atoms with E-state index >= 15 is 0 Å². The van der Waals surface area contributed by atoms with Gasteiger partial charge in [-0.05, 0) is 42.5 Å². The minimum Gasteiger partial charge on any atom is -0.507 e. The molecule has 1 unspecified atom stereocenters. The topological polar surface area (TPSA) is 37.3 Å². The Morgan fingerprint density at radius 1 is 1.00 bits per heavy atom. The van der Waals surface area contributed by atoms with Crippen LogP contribution in [-0.2, 0) is 0 Å². The van der Waals surface area contributed by atoms with Crippen molar-refractivity contribution in [2.24, 2.45) is 5.92 Å². The number of carbonyl (C=O) groups excluding carboxylic acids is 1. The highest BCUT2D eigenvalue weighted by molar-refractivity contribution is 6.00. The smallest absolute Gasteiger partial charge is 0.169 e. The fraction of sp³-hybridized carbons (Fsp3) is 0.211. The van der Waals surface area contributed by atoms with E-state index in [2.05, 4.69) is 18.2 Å². The lowest BCUT2D eigenvalue weighted by atomic mass is 9.82. The van der Waals surface area contributed by atoms with Crippen molar-refractivity contribution in [1.29, 1.82) is 0 Å². The Morgan fingerprint density at radius 3 is 2.38 bits per heavy atom. The summed E-state index contributed by atoms with van der Waals surface area (Å²) in [5.74, 6) is 0.113. The number of hydrogen-bond donors (Lipinski definition) is 1. The molecule has 1 atom stereocenters. The van der Waals surface area contributed by atoms with E-state index < -0.39 is 0 Å². The third kappa shape index (κ3) is 2.89. The Labute approximate surface area is 124 Å². The highest BCUT2D eigenvalue weighted by Crippen LogP contribution is 2.33. The number of Topliss-reactive ketones (excluding diaryl/α,β-unsaturated/α-hetero) is 1. The number of phenols is 1. The van der Waals surface area contributed by atoms with Gasteiger partial charge in [-0.3, -0.25) is 4.79 Å². The molecule has 1 N–H and O–H groups in total. The number of ketones is 1. The van der Waals surface area contributed by atoms with Crippen LogP contribution in [0.25, 0.3) is 5.57 Å². The highest BCUT2D eigenvalue weighted by atomic mass is 16.3. The van der Waals surface area contributed by atoms with Crippen LogP contribution in [0.3, 0.4) is 0 Å². The number of benzene rings is 2. The average molecular weight is 278 g/mol. The van der Waals surface area contributed by atoms with Gasteiger partial charge in [-0.1, -0.05) is 48.5 Å². The molecule has 2 nitrogen and oxygen atoms in total. The summed E-state index contributed by atoms with van der Waals surface area (Å²) in [6.07, 6.45) is 4.67. The van der Waals surface area contributed by atoms with E-state index in [1.54, 1.807) is 24.3 Å². The second kappa shape index (κ2) is 5.96. The van der Waals surface area contributed by atoms with Crippen molar-refractivity contribution in [3.63, 3.8) is 0 Å². The summed E-state index contributed by atoms with van der Waals surface area (Å²) in [4.78, 5) is 12.5. The Morgan fingerprint density at radius 2 is 1.71 bits per heavy atom. The molecule has 1 aliphatic carbocycles. The number of phenolic OH excluding ortho intramolecular Hbond substituents is 1. The lowest BCUT2D eigenvalue weighted by molar-refractivity contribution is 0.0910. The van der Waals surface area contributed by atoms with E-state index in [1.807, 2.05) is 18.2 Å². The van der Waals surface area contributed by atoms with Crippen LogP contribution in [-0.4, -0.2) is 10.9 Å². The van der Waals surface area contributed by atoms with Crippen molar-refractivity contribution in [3.05, 3.63) is 71.8 Å². The highest BCUT2D eigenvalue weighted by Gasteiger charge is 2.24. The van der Waals surface area contributed by atoms with Crippen LogP contribution in [0.4, 0.5) is 0 Å². The largest absolute Gasteiger partial charge is 0.507 e. The number of aromatic hydroxyl groups is 1. The molecule has 0 aliphatic heterocycles. The zero-order valence-electron chi connectivity index (χ0n) is 11.8. The van der Waals surface area contributed by atoms with E-state index in [0.29, 0.717) is 5.56 Å². The third-order valence-electron chi connectivity index (χ3n) is 4.10. The molecule has 0 fully saturated rings. The molecule has 21 heavy (non-hydrogen) atoms. The number of allylic oxidation sites excluding steroid dienone is 2. The van der Waals surface area contributed by atoms with E-state index in [9.17, 15) is 9.90 Å². The minimum atomic E-state index is -0.0224. The normalized spacial score (nSPS) is 18.1. The Balaban J connectivity index is 1.75. The summed E-state index contributed by atoms with van der Waals surface area (Å²) >= 11 is 0. The van der Waals surface area contributed by atoms with Crippen LogP contribution in [0.15, 0.2) is 60.7 Å². The number of para-hydroxylation sites is 1. The second-order valence-corrected chi connectivity index (χ2v) is 5.45. The first-order chi connectivity index (χ1) is 10.3. The molecule has 0 aromatic heterocycles. The van der Waals surface area contributed by atoms with Gasteiger partial charge in [0.15, 0.2) is 5.78 Å². The first-order valence-corrected chi connectivity index (χ1v) is 7.32. The van der Waals surface area contributed by atoms with E-state index in [4.69, 9.17) is 0 Å². The third-order valence-corrected chi connectivity index (χ3v) is 4.10. The van der Waals surface area contributed by atoms with E-state index in [0.717, 1.165) is 19.3 Å². The summed E-state index contributed by atoms with van der Waals surface area (Å²) in [7, 11) is 0. The summed E-state index contributed by atoms with van der Waals surface area (Å²) in [6.45, 7) is 0. The van der Waals surface area contributed by atoms with Crippen molar-refractivity contribution in [2.45, 2.75) is 19.3 Å². The number of hydrogen-bond acceptors (Lipinski definition) is 2. The first kappa shape index (κ1) is 13.6. The summed E-state index contributed by atoms with van der Waals surface area (Å²) in [6, 6.07) is 17.1. The van der Waals surface area contributed by atoms with Gasteiger partial charge in [-0.2, -0.15) is 0 Å². The predicted molar refractivity (Wildman–Crippen MR) is 84.2 cm³/mol. The van der Waals surface area contributed by atoms with Gasteiger partial charge in [0.2, 0.25) is 0 Å². The van der Waals surface area contributed by atoms with Crippen molar-refractivity contribution < 1.29 is 9.90 Å². The van der Waals surface area contributed by atoms with Crippen molar-refractivity contribution in [1.82, 2.24) is 0 Å². The van der Waals surface area contributed by atoms with Gasteiger partial charge in [0.25, 0.3) is 0 Å². The second-order valence-electron chi connectivity index (χ2n) is 5.45. The summed E-state index contributed by atoms with van der Waals surface area (Å²) in [5.41, 5.74) is 3.00. The Bertz CT molecular complexity index is 671. The van der Waals surface area contributed by atoms with Gasteiger partial charge in [0.05, 0.1) is 5.56 Å². The van der Waals surface area contributed by atoms with Gasteiger partial charge in [0, 0.05) is 5.92 Å². The zero-order valence-corrected chi connectivity index (χ0v) is 11.8. The molecule has 1 aliphatic rings. The lowest BCUT2D eigenvalue weighted by Gasteiger charge is -2.21. The molecule has 0 spiro atoms. The molecule has 0 saturated carbocycles. The van der Waals surface area contributed by atoms with Crippen LogP contribution < -0.4 is 0 Å². The first-order valence-electron chi connectivity index (χ1n) is 7.32. The monoisotopic (exact) mass is 278 g/mol. The van der Waals surface area contributed by atoms with Crippen molar-refractivity contribution in [2.75, 3.05) is 0 Å². The maximum atomic E-state index is 12.5. The molecule has 0 amide bonds. The van der Waals surface area contributed by atoms with Gasteiger partial charge in [-0.15, -0.1) is 0 Å². The van der Waals surface area contributed by atoms with E-state index in [1.165, 1.54) is 11.1 Å². The van der Waals surface area contributed by atoms with Crippen molar-refractivity contribution in [3.8, 4) is 5.75 Å². The van der Waals surface area contributed by atoms with Gasteiger partial charge in [0.1, 0.15) is 5.75 Å². The summed E-state index contributed by atoms with van der Waals surface area (Å²) in [5, 5.41) is 9.81. The molecule has 0 bridgehead atoms. The molecule has 0 radical (unpaired) electrons. The van der Waals surface area contributed by atoms with Gasteiger partial charge < -0.3 is 5.11 Å². The maximum Gasteiger partial charge on any atom is 0.169 e. The number of rotatable bonds is 3. The Kier molecular flexibility index (Phi) is 3.87. The molecule has 0 saturated heterocycles. The fourth-order valence-corrected chi connectivity index (χ4v) is 2.89. The van der Waals surface area contributed by atoms with Gasteiger partial charge in [-0.25, -0.2) is 0 Å². The number of carbonyl (C=O) groups is 1. The molecule has 0 heterocycles. The SMILES string of the molecule is O=C(c1ccccc1O)C1CC=C(c2ccccc2)CC1. The van der Waals surface area contributed by atoms with Crippen LogP contribution >= 0.6 is 0 Å². The zero-order chi connectivity index (χ0) is 14.7. The van der Waals surface area contributed by atoms with Crippen LogP contribution in [0.5, 0.6) is 5.75 Å². The molecular formula is C19H18O2. The van der Waals surface area contributed by atoms with Crippen LogP contribution in [0, 0.1) is 5.92 Å². The average Bonchev–Trinajstić information content (AvgIpc) is 2.56. The molecule has 106 valence electrons. The molecular weight excluding hydrogens is 260 g/mol. The summed E-state index contributed by atoms with van der Waals surface area (Å²) < 4.78 is 0. The van der Waals surface area contributed by atoms with Crippen LogP contribution in [0.1, 0.15) is 35.2 Å². The Hall–Kier alpha value is -2.35. The lowest BCUT2D eigenvalue weighted by Crippen LogP contribution is -2.17.